The minimum Gasteiger partial charge on any atom is -0.378 e. The molecular formula is C17H21FN2O3. The molecule has 1 aromatic carbocycles. The predicted molar refractivity (Wildman–Crippen MR) is 82.0 cm³/mol. The number of hydrogen-bond acceptors (Lipinski definition) is 3. The van der Waals surface area contributed by atoms with Gasteiger partial charge in [-0.05, 0) is 25.8 Å². The number of rotatable bonds is 4. The third kappa shape index (κ3) is 3.08. The zero-order valence-electron chi connectivity index (χ0n) is 13.1. The quantitative estimate of drug-likeness (QED) is 0.917. The highest BCUT2D eigenvalue weighted by molar-refractivity contribution is 5.91. The normalized spacial score (nSPS) is 27.3. The van der Waals surface area contributed by atoms with Crippen LogP contribution < -0.4 is 5.32 Å². The fourth-order valence-corrected chi connectivity index (χ4v) is 3.28. The Hall–Kier alpha value is -1.95. The summed E-state index contributed by atoms with van der Waals surface area (Å²) < 4.78 is 19.6. The summed E-state index contributed by atoms with van der Waals surface area (Å²) in [7, 11) is 0. The average molecular weight is 320 g/mol. The van der Waals surface area contributed by atoms with Gasteiger partial charge in [-0.3, -0.25) is 9.59 Å². The Labute approximate surface area is 134 Å². The molecule has 1 heterocycles. The second kappa shape index (κ2) is 6.66. The molecule has 0 spiro atoms. The minimum atomic E-state index is -0.886. The van der Waals surface area contributed by atoms with E-state index in [1.165, 1.54) is 11.0 Å². The number of benzene rings is 1. The molecule has 3 rings (SSSR count). The summed E-state index contributed by atoms with van der Waals surface area (Å²) in [5.74, 6) is -1.00. The maximum atomic E-state index is 14.1. The van der Waals surface area contributed by atoms with Crippen LogP contribution in [0.15, 0.2) is 24.3 Å². The molecule has 5 nitrogen and oxygen atoms in total. The highest BCUT2D eigenvalue weighted by Crippen LogP contribution is 2.35. The van der Waals surface area contributed by atoms with Gasteiger partial charge < -0.3 is 15.0 Å². The van der Waals surface area contributed by atoms with Crippen LogP contribution in [0.3, 0.4) is 0 Å². The first-order chi connectivity index (χ1) is 11.1. The third-order valence-electron chi connectivity index (χ3n) is 4.54. The van der Waals surface area contributed by atoms with Crippen LogP contribution in [0.25, 0.3) is 0 Å². The van der Waals surface area contributed by atoms with E-state index in [-0.39, 0.29) is 29.4 Å². The standard InChI is InChI=1S/C17H21FN2O3/c1-2-23-12-9-11(10-12)17(22)20-8-7-19-16(21)15(20)13-5-3-4-6-14(13)18/h3-6,11-12,15H,2,7-10H2,1H3,(H,19,21). The molecular weight excluding hydrogens is 299 g/mol. The molecule has 1 saturated heterocycles. The Morgan fingerprint density at radius 2 is 2.13 bits per heavy atom. The smallest absolute Gasteiger partial charge is 0.247 e. The van der Waals surface area contributed by atoms with Gasteiger partial charge >= 0.3 is 0 Å². The molecule has 1 N–H and O–H groups in total. The molecule has 1 aromatic rings. The van der Waals surface area contributed by atoms with E-state index in [4.69, 9.17) is 4.74 Å². The van der Waals surface area contributed by atoms with Crippen molar-refractivity contribution in [1.29, 1.82) is 0 Å². The molecule has 23 heavy (non-hydrogen) atoms. The van der Waals surface area contributed by atoms with Crippen molar-refractivity contribution in [3.63, 3.8) is 0 Å². The molecule has 0 bridgehead atoms. The van der Waals surface area contributed by atoms with Gasteiger partial charge in [-0.25, -0.2) is 4.39 Å². The van der Waals surface area contributed by atoms with E-state index in [9.17, 15) is 14.0 Å². The monoisotopic (exact) mass is 320 g/mol. The molecule has 0 aromatic heterocycles. The number of ether oxygens (including phenoxy) is 1. The third-order valence-corrected chi connectivity index (χ3v) is 4.54. The number of nitrogens with zero attached hydrogens (tertiary/aromatic N) is 1. The molecule has 1 atom stereocenters. The highest BCUT2D eigenvalue weighted by atomic mass is 19.1. The number of piperazine rings is 1. The van der Waals surface area contributed by atoms with Crippen molar-refractivity contribution in [2.75, 3.05) is 19.7 Å². The Morgan fingerprint density at radius 3 is 2.83 bits per heavy atom. The van der Waals surface area contributed by atoms with Crippen molar-refractivity contribution >= 4 is 11.8 Å². The largest absolute Gasteiger partial charge is 0.378 e. The van der Waals surface area contributed by atoms with E-state index in [2.05, 4.69) is 5.32 Å². The minimum absolute atomic E-state index is 0.0796. The van der Waals surface area contributed by atoms with Crippen molar-refractivity contribution in [3.8, 4) is 0 Å². The Morgan fingerprint density at radius 1 is 1.39 bits per heavy atom. The lowest BCUT2D eigenvalue weighted by atomic mass is 9.80. The first kappa shape index (κ1) is 15.9. The number of nitrogens with one attached hydrogen (secondary N) is 1. The fourth-order valence-electron chi connectivity index (χ4n) is 3.28. The molecule has 6 heteroatoms. The van der Waals surface area contributed by atoms with E-state index in [1.807, 2.05) is 6.92 Å². The molecule has 1 saturated carbocycles. The number of amides is 2. The van der Waals surface area contributed by atoms with E-state index >= 15 is 0 Å². The van der Waals surface area contributed by atoms with Gasteiger partial charge in [0.1, 0.15) is 11.9 Å². The van der Waals surface area contributed by atoms with Gasteiger partial charge in [0.25, 0.3) is 0 Å². The molecule has 2 amide bonds. The summed E-state index contributed by atoms with van der Waals surface area (Å²) >= 11 is 0. The van der Waals surface area contributed by atoms with Gasteiger partial charge in [-0.1, -0.05) is 18.2 Å². The Bertz CT molecular complexity index is 601. The van der Waals surface area contributed by atoms with E-state index in [1.54, 1.807) is 18.2 Å². The highest BCUT2D eigenvalue weighted by Gasteiger charge is 2.43. The molecule has 124 valence electrons. The fraction of sp³-hybridized carbons (Fsp3) is 0.529. The molecule has 1 unspecified atom stereocenters. The van der Waals surface area contributed by atoms with Gasteiger partial charge in [0.2, 0.25) is 11.8 Å². The maximum absolute atomic E-state index is 14.1. The van der Waals surface area contributed by atoms with Crippen molar-refractivity contribution in [1.82, 2.24) is 10.2 Å². The van der Waals surface area contributed by atoms with Crippen LogP contribution >= 0.6 is 0 Å². The van der Waals surface area contributed by atoms with Gasteiger partial charge in [0, 0.05) is 31.2 Å². The molecule has 1 aliphatic heterocycles. The number of carbonyl (C=O) groups excluding carboxylic acids is 2. The van der Waals surface area contributed by atoms with Crippen LogP contribution in [0.4, 0.5) is 4.39 Å². The zero-order chi connectivity index (χ0) is 16.4. The van der Waals surface area contributed by atoms with Crippen molar-refractivity contribution in [3.05, 3.63) is 35.6 Å². The van der Waals surface area contributed by atoms with E-state index in [0.717, 1.165) is 0 Å². The summed E-state index contributed by atoms with van der Waals surface area (Å²) in [6.45, 7) is 3.37. The molecule has 2 aliphatic rings. The van der Waals surface area contributed by atoms with Crippen LogP contribution in [0, 0.1) is 11.7 Å². The van der Waals surface area contributed by atoms with E-state index in [0.29, 0.717) is 32.5 Å². The van der Waals surface area contributed by atoms with Crippen LogP contribution in [-0.4, -0.2) is 42.5 Å². The van der Waals surface area contributed by atoms with Gasteiger partial charge in [0.15, 0.2) is 0 Å². The lowest BCUT2D eigenvalue weighted by Crippen LogP contribution is -2.55. The summed E-state index contributed by atoms with van der Waals surface area (Å²) in [4.78, 5) is 26.5. The lowest BCUT2D eigenvalue weighted by molar-refractivity contribution is -0.153. The average Bonchev–Trinajstić information content (AvgIpc) is 2.50. The second-order valence-electron chi connectivity index (χ2n) is 5.99. The summed E-state index contributed by atoms with van der Waals surface area (Å²) in [5.41, 5.74) is 0.249. The first-order valence-corrected chi connectivity index (χ1v) is 8.06. The van der Waals surface area contributed by atoms with Crippen molar-refractivity contribution in [2.45, 2.75) is 31.9 Å². The summed E-state index contributed by atoms with van der Waals surface area (Å²) in [6, 6.07) is 5.24. The molecule has 0 radical (unpaired) electrons. The van der Waals surface area contributed by atoms with Crippen LogP contribution in [0.1, 0.15) is 31.4 Å². The number of hydrogen-bond donors (Lipinski definition) is 1. The maximum Gasteiger partial charge on any atom is 0.247 e. The van der Waals surface area contributed by atoms with Gasteiger partial charge in [-0.15, -0.1) is 0 Å². The van der Waals surface area contributed by atoms with Gasteiger partial charge in [0.05, 0.1) is 6.10 Å². The first-order valence-electron chi connectivity index (χ1n) is 8.06. The SMILES string of the molecule is CCOC1CC(C(=O)N2CCNC(=O)C2c2ccccc2F)C1. The van der Waals surface area contributed by atoms with Crippen molar-refractivity contribution < 1.29 is 18.7 Å². The van der Waals surface area contributed by atoms with Crippen molar-refractivity contribution in [2.24, 2.45) is 5.92 Å². The number of halogens is 1. The lowest BCUT2D eigenvalue weighted by Gasteiger charge is -2.41. The summed E-state index contributed by atoms with van der Waals surface area (Å²) in [5, 5.41) is 2.72. The van der Waals surface area contributed by atoms with Gasteiger partial charge in [-0.2, -0.15) is 0 Å². The van der Waals surface area contributed by atoms with Crippen LogP contribution in [-0.2, 0) is 14.3 Å². The Balaban J connectivity index is 1.78. The summed E-state index contributed by atoms with van der Waals surface area (Å²) in [6.07, 6.45) is 1.48. The van der Waals surface area contributed by atoms with Crippen LogP contribution in [0.2, 0.25) is 0 Å². The predicted octanol–water partition coefficient (Wildman–Crippen LogP) is 1.64. The molecule has 2 fully saturated rings. The topological polar surface area (TPSA) is 58.6 Å². The number of carbonyl (C=O) groups is 2. The zero-order valence-corrected chi connectivity index (χ0v) is 13.1. The second-order valence-corrected chi connectivity index (χ2v) is 5.99. The molecule has 1 aliphatic carbocycles. The van der Waals surface area contributed by atoms with E-state index < -0.39 is 11.9 Å². The van der Waals surface area contributed by atoms with Crippen LogP contribution in [0.5, 0.6) is 0 Å². The Kier molecular flexibility index (Phi) is 4.61.